The van der Waals surface area contributed by atoms with Crippen molar-refractivity contribution >= 4 is 11.9 Å². The molecular formula is C7H8N2O5. The molecule has 0 radical (unpaired) electrons. The molecule has 14 heavy (non-hydrogen) atoms. The molecule has 1 rings (SSSR count). The minimum Gasteiger partial charge on any atom is -0.481 e. The molecule has 7 nitrogen and oxygen atoms in total. The maximum Gasteiger partial charge on any atom is 0.318 e. The summed E-state index contributed by atoms with van der Waals surface area (Å²) in [5, 5.41) is 21.6. The van der Waals surface area contributed by atoms with Crippen molar-refractivity contribution in [2.75, 3.05) is 0 Å². The Kier molecular flexibility index (Phi) is 2.70. The van der Waals surface area contributed by atoms with E-state index < -0.39 is 23.4 Å². The van der Waals surface area contributed by atoms with E-state index in [1.165, 1.54) is 0 Å². The first-order chi connectivity index (χ1) is 6.50. The summed E-state index contributed by atoms with van der Waals surface area (Å²) >= 11 is 0. The number of aliphatic carboxylic acids is 2. The molecule has 0 aromatic carbocycles. The minimum absolute atomic E-state index is 0.247. The topological polar surface area (TPSA) is 123 Å². The molecule has 7 heteroatoms. The molecule has 0 aliphatic rings. The zero-order valence-corrected chi connectivity index (χ0v) is 6.98. The largest absolute Gasteiger partial charge is 0.481 e. The minimum atomic E-state index is -1.54. The lowest BCUT2D eigenvalue weighted by Crippen LogP contribution is -2.25. The second-order valence-corrected chi connectivity index (χ2v) is 2.72. The summed E-state index contributed by atoms with van der Waals surface area (Å²) in [7, 11) is 0. The van der Waals surface area contributed by atoms with Crippen molar-refractivity contribution in [3.63, 3.8) is 0 Å². The number of carbonyl (C=O) groups is 2. The Morgan fingerprint density at radius 1 is 1.29 bits per heavy atom. The summed E-state index contributed by atoms with van der Waals surface area (Å²) in [6.45, 7) is 0. The Labute approximate surface area is 77.4 Å². The third kappa shape index (κ3) is 2.22. The zero-order chi connectivity index (χ0) is 10.7. The molecule has 1 aromatic rings. The number of hydrogen-bond donors (Lipinski definition) is 4. The monoisotopic (exact) mass is 200 g/mol. The van der Waals surface area contributed by atoms with Gasteiger partial charge in [-0.2, -0.15) is 0 Å². The first kappa shape index (κ1) is 10.0. The third-order valence-corrected chi connectivity index (χ3v) is 1.67. The van der Waals surface area contributed by atoms with Crippen LogP contribution in [0.5, 0.6) is 0 Å². The summed E-state index contributed by atoms with van der Waals surface area (Å²) in [5.41, 5.74) is -0.167. The standard InChI is InChI=1S/C7H8N2O5/c10-5-2-3(8-9-5)1-4(6(11)12)7(13)14/h2,4H,1H2,(H,11,12)(H,13,14)(H2,8,9,10). The van der Waals surface area contributed by atoms with Crippen LogP contribution in [-0.4, -0.2) is 32.3 Å². The maximum atomic E-state index is 10.6. The lowest BCUT2D eigenvalue weighted by atomic mass is 10.0. The summed E-state index contributed by atoms with van der Waals surface area (Å²) in [6.07, 6.45) is -0.247. The van der Waals surface area contributed by atoms with Gasteiger partial charge in [-0.3, -0.25) is 19.5 Å². The lowest BCUT2D eigenvalue weighted by Gasteiger charge is -2.04. The third-order valence-electron chi connectivity index (χ3n) is 1.67. The van der Waals surface area contributed by atoms with Gasteiger partial charge in [-0.15, -0.1) is 0 Å². The maximum absolute atomic E-state index is 10.6. The second kappa shape index (κ2) is 3.77. The quantitative estimate of drug-likeness (QED) is 0.465. The Morgan fingerprint density at radius 3 is 2.21 bits per heavy atom. The molecule has 0 bridgehead atoms. The summed E-state index contributed by atoms with van der Waals surface area (Å²) < 4.78 is 0. The molecule has 76 valence electrons. The number of rotatable bonds is 4. The fraction of sp³-hybridized carbons (Fsp3) is 0.286. The summed E-state index contributed by atoms with van der Waals surface area (Å²) in [5.74, 6) is -4.40. The average Bonchev–Trinajstić information content (AvgIpc) is 2.46. The highest BCUT2D eigenvalue weighted by atomic mass is 16.4. The van der Waals surface area contributed by atoms with Crippen molar-refractivity contribution in [3.05, 3.63) is 22.1 Å². The smallest absolute Gasteiger partial charge is 0.318 e. The van der Waals surface area contributed by atoms with Gasteiger partial charge in [0.1, 0.15) is 0 Å². The van der Waals surface area contributed by atoms with Gasteiger partial charge < -0.3 is 15.3 Å². The van der Waals surface area contributed by atoms with Crippen molar-refractivity contribution < 1.29 is 19.8 Å². The van der Waals surface area contributed by atoms with Crippen LogP contribution in [0.15, 0.2) is 10.9 Å². The molecule has 0 fully saturated rings. The predicted molar refractivity (Wildman–Crippen MR) is 43.9 cm³/mol. The van der Waals surface area contributed by atoms with Gasteiger partial charge in [-0.1, -0.05) is 0 Å². The zero-order valence-electron chi connectivity index (χ0n) is 6.98. The van der Waals surface area contributed by atoms with E-state index in [-0.39, 0.29) is 12.1 Å². The summed E-state index contributed by atoms with van der Waals surface area (Å²) in [6, 6.07) is 1.12. The highest BCUT2D eigenvalue weighted by Crippen LogP contribution is 2.05. The molecule has 0 saturated carbocycles. The highest BCUT2D eigenvalue weighted by Gasteiger charge is 2.26. The molecular weight excluding hydrogens is 192 g/mol. The number of carboxylic acids is 2. The number of aromatic amines is 2. The van der Waals surface area contributed by atoms with Crippen LogP contribution in [0.4, 0.5) is 0 Å². The fourth-order valence-electron chi connectivity index (χ4n) is 0.982. The Hall–Kier alpha value is -2.05. The molecule has 0 spiro atoms. The van der Waals surface area contributed by atoms with Crippen LogP contribution in [0.25, 0.3) is 0 Å². The number of aromatic nitrogens is 2. The SMILES string of the molecule is O=C(O)C(Cc1cc(=O)[nH][nH]1)C(=O)O. The molecule has 0 amide bonds. The van der Waals surface area contributed by atoms with Crippen molar-refractivity contribution in [1.82, 2.24) is 10.2 Å². The van der Waals surface area contributed by atoms with E-state index in [2.05, 4.69) is 10.2 Å². The molecule has 1 aromatic heterocycles. The van der Waals surface area contributed by atoms with Crippen LogP contribution in [0.3, 0.4) is 0 Å². The molecule has 0 atom stereocenters. The van der Waals surface area contributed by atoms with Gasteiger partial charge in [0.05, 0.1) is 0 Å². The Balaban J connectivity index is 2.79. The van der Waals surface area contributed by atoms with Crippen molar-refractivity contribution in [1.29, 1.82) is 0 Å². The molecule has 4 N–H and O–H groups in total. The van der Waals surface area contributed by atoms with Gasteiger partial charge in [-0.25, -0.2) is 0 Å². The Bertz CT molecular complexity index is 390. The van der Waals surface area contributed by atoms with Crippen LogP contribution in [0, 0.1) is 5.92 Å². The summed E-state index contributed by atoms with van der Waals surface area (Å²) in [4.78, 5) is 31.6. The molecule has 1 heterocycles. The fourth-order valence-corrected chi connectivity index (χ4v) is 0.982. The van der Waals surface area contributed by atoms with Gasteiger partial charge in [0.15, 0.2) is 5.92 Å². The second-order valence-electron chi connectivity index (χ2n) is 2.72. The van der Waals surface area contributed by atoms with E-state index in [1.54, 1.807) is 0 Å². The first-order valence-corrected chi connectivity index (χ1v) is 3.73. The van der Waals surface area contributed by atoms with Crippen molar-refractivity contribution in [2.24, 2.45) is 5.92 Å². The number of carboxylic acid groups (broad SMARTS) is 2. The molecule has 0 aliphatic carbocycles. The van der Waals surface area contributed by atoms with Gasteiger partial charge in [-0.05, 0) is 0 Å². The van der Waals surface area contributed by atoms with Crippen LogP contribution in [0.1, 0.15) is 5.69 Å². The van der Waals surface area contributed by atoms with E-state index in [0.29, 0.717) is 0 Å². The lowest BCUT2D eigenvalue weighted by molar-refractivity contribution is -0.154. The van der Waals surface area contributed by atoms with Crippen LogP contribution >= 0.6 is 0 Å². The highest BCUT2D eigenvalue weighted by molar-refractivity contribution is 5.93. The molecule has 0 aliphatic heterocycles. The normalized spacial score (nSPS) is 10.4. The van der Waals surface area contributed by atoms with Gasteiger partial charge in [0.25, 0.3) is 5.56 Å². The van der Waals surface area contributed by atoms with Crippen LogP contribution in [-0.2, 0) is 16.0 Å². The van der Waals surface area contributed by atoms with Crippen LogP contribution in [0.2, 0.25) is 0 Å². The number of nitrogens with one attached hydrogen (secondary N) is 2. The van der Waals surface area contributed by atoms with E-state index in [0.717, 1.165) is 6.07 Å². The van der Waals surface area contributed by atoms with E-state index in [1.807, 2.05) is 0 Å². The van der Waals surface area contributed by atoms with Gasteiger partial charge in [0.2, 0.25) is 0 Å². The predicted octanol–water partition coefficient (Wildman–Crippen LogP) is -0.969. The van der Waals surface area contributed by atoms with Gasteiger partial charge in [0, 0.05) is 18.2 Å². The number of hydrogen-bond acceptors (Lipinski definition) is 3. The molecule has 0 unspecified atom stereocenters. The Morgan fingerprint density at radius 2 is 1.86 bits per heavy atom. The first-order valence-electron chi connectivity index (χ1n) is 3.73. The molecule has 0 saturated heterocycles. The van der Waals surface area contributed by atoms with Crippen LogP contribution < -0.4 is 5.56 Å². The van der Waals surface area contributed by atoms with Crippen molar-refractivity contribution in [3.8, 4) is 0 Å². The van der Waals surface area contributed by atoms with Gasteiger partial charge >= 0.3 is 11.9 Å². The van der Waals surface area contributed by atoms with Crippen molar-refractivity contribution in [2.45, 2.75) is 6.42 Å². The van der Waals surface area contributed by atoms with E-state index in [9.17, 15) is 14.4 Å². The number of H-pyrrole nitrogens is 2. The average molecular weight is 200 g/mol. The van der Waals surface area contributed by atoms with E-state index >= 15 is 0 Å². The van der Waals surface area contributed by atoms with E-state index in [4.69, 9.17) is 10.2 Å².